The molecule has 0 spiro atoms. The van der Waals surface area contributed by atoms with Gasteiger partial charge in [-0.1, -0.05) is 31.9 Å². The lowest BCUT2D eigenvalue weighted by atomic mass is 9.86. The first-order valence-corrected chi connectivity index (χ1v) is 8.99. The fraction of sp³-hybridized carbons (Fsp3) is 0.588. The summed E-state index contributed by atoms with van der Waals surface area (Å²) >= 11 is 1.88. The van der Waals surface area contributed by atoms with E-state index in [2.05, 4.69) is 41.4 Å². The second-order valence-corrected chi connectivity index (χ2v) is 7.31. The van der Waals surface area contributed by atoms with Crippen LogP contribution in [0.25, 0.3) is 0 Å². The number of nitrogens with zero attached hydrogens (tertiary/aromatic N) is 1. The second kappa shape index (κ2) is 6.73. The number of thioether (sulfide) groups is 1. The number of carbonyl (C=O) groups excluding carboxylic acids is 1. The van der Waals surface area contributed by atoms with E-state index in [-0.39, 0.29) is 5.91 Å². The third-order valence-corrected chi connectivity index (χ3v) is 5.66. The molecule has 0 bridgehead atoms. The SMILES string of the molecule is C[C@H]1CCCC[C@H]1NC(=O)CN1CCSc2ccccc21. The topological polar surface area (TPSA) is 32.3 Å². The molecule has 3 rings (SSSR count). The number of para-hydroxylation sites is 1. The zero-order chi connectivity index (χ0) is 14.7. The quantitative estimate of drug-likeness (QED) is 0.930. The van der Waals surface area contributed by atoms with Crippen LogP contribution in [-0.2, 0) is 4.79 Å². The van der Waals surface area contributed by atoms with E-state index in [0.29, 0.717) is 18.5 Å². The summed E-state index contributed by atoms with van der Waals surface area (Å²) in [5.41, 5.74) is 1.21. The highest BCUT2D eigenvalue weighted by molar-refractivity contribution is 7.99. The Morgan fingerprint density at radius 1 is 1.33 bits per heavy atom. The molecule has 2 atom stereocenters. The highest BCUT2D eigenvalue weighted by atomic mass is 32.2. The van der Waals surface area contributed by atoms with Crippen LogP contribution in [0.2, 0.25) is 0 Å². The summed E-state index contributed by atoms with van der Waals surface area (Å²) in [6.45, 7) is 3.70. The highest BCUT2D eigenvalue weighted by Gasteiger charge is 2.24. The van der Waals surface area contributed by atoms with E-state index in [9.17, 15) is 4.79 Å². The zero-order valence-electron chi connectivity index (χ0n) is 12.7. The molecule has 1 aliphatic carbocycles. The molecule has 1 amide bonds. The van der Waals surface area contributed by atoms with Gasteiger partial charge in [-0.3, -0.25) is 4.79 Å². The third-order valence-electron chi connectivity index (χ3n) is 4.62. The van der Waals surface area contributed by atoms with Crippen LogP contribution in [0.1, 0.15) is 32.6 Å². The van der Waals surface area contributed by atoms with Gasteiger partial charge in [0.1, 0.15) is 0 Å². The van der Waals surface area contributed by atoms with Crippen molar-refractivity contribution < 1.29 is 4.79 Å². The van der Waals surface area contributed by atoms with Crippen LogP contribution in [-0.4, -0.2) is 30.8 Å². The second-order valence-electron chi connectivity index (χ2n) is 6.17. The molecule has 1 heterocycles. The van der Waals surface area contributed by atoms with Gasteiger partial charge in [-0.15, -0.1) is 11.8 Å². The summed E-state index contributed by atoms with van der Waals surface area (Å²) in [5, 5.41) is 3.26. The molecule has 1 N–H and O–H groups in total. The maximum Gasteiger partial charge on any atom is 0.239 e. The monoisotopic (exact) mass is 304 g/mol. The van der Waals surface area contributed by atoms with Gasteiger partial charge in [0, 0.05) is 23.2 Å². The normalized spacial score (nSPS) is 25.3. The number of amides is 1. The van der Waals surface area contributed by atoms with Gasteiger partial charge in [0.05, 0.1) is 12.2 Å². The number of fused-ring (bicyclic) bond motifs is 1. The lowest BCUT2D eigenvalue weighted by Gasteiger charge is -2.33. The van der Waals surface area contributed by atoms with E-state index >= 15 is 0 Å². The van der Waals surface area contributed by atoms with Gasteiger partial charge in [-0.05, 0) is 30.9 Å². The summed E-state index contributed by atoms with van der Waals surface area (Å²) in [4.78, 5) is 15.9. The Labute approximate surface area is 131 Å². The first kappa shape index (κ1) is 14.8. The van der Waals surface area contributed by atoms with E-state index in [0.717, 1.165) is 18.7 Å². The molecular weight excluding hydrogens is 280 g/mol. The van der Waals surface area contributed by atoms with Crippen LogP contribution >= 0.6 is 11.8 Å². The van der Waals surface area contributed by atoms with E-state index in [1.54, 1.807) is 0 Å². The molecule has 1 fully saturated rings. The zero-order valence-corrected chi connectivity index (χ0v) is 13.5. The largest absolute Gasteiger partial charge is 0.360 e. The standard InChI is InChI=1S/C17H24N2OS/c1-13-6-2-3-7-14(13)18-17(20)12-19-10-11-21-16-9-5-4-8-15(16)19/h4-5,8-9,13-14H,2-3,6-7,10-12H2,1H3,(H,18,20)/t13-,14+/m0/s1. The van der Waals surface area contributed by atoms with Crippen LogP contribution < -0.4 is 10.2 Å². The van der Waals surface area contributed by atoms with Crippen molar-refractivity contribution in [3.63, 3.8) is 0 Å². The van der Waals surface area contributed by atoms with Crippen molar-refractivity contribution in [3.05, 3.63) is 24.3 Å². The van der Waals surface area contributed by atoms with Gasteiger partial charge >= 0.3 is 0 Å². The van der Waals surface area contributed by atoms with Crippen molar-refractivity contribution in [2.45, 2.75) is 43.5 Å². The molecule has 0 unspecified atom stereocenters. The van der Waals surface area contributed by atoms with Gasteiger partial charge in [-0.2, -0.15) is 0 Å². The molecular formula is C17H24N2OS. The summed E-state index contributed by atoms with van der Waals surface area (Å²) in [7, 11) is 0. The van der Waals surface area contributed by atoms with Crippen molar-refractivity contribution >= 4 is 23.4 Å². The van der Waals surface area contributed by atoms with Gasteiger partial charge in [0.2, 0.25) is 5.91 Å². The summed E-state index contributed by atoms with van der Waals surface area (Å²) in [6.07, 6.45) is 4.94. The number of anilines is 1. The number of carbonyl (C=O) groups is 1. The van der Waals surface area contributed by atoms with Crippen LogP contribution in [0.15, 0.2) is 29.2 Å². The Morgan fingerprint density at radius 3 is 3.00 bits per heavy atom. The van der Waals surface area contributed by atoms with Crippen LogP contribution in [0.3, 0.4) is 0 Å². The van der Waals surface area contributed by atoms with Gasteiger partial charge in [0.25, 0.3) is 0 Å². The maximum atomic E-state index is 12.4. The summed E-state index contributed by atoms with van der Waals surface area (Å²) in [6, 6.07) is 8.77. The predicted molar refractivity (Wildman–Crippen MR) is 88.9 cm³/mol. The summed E-state index contributed by atoms with van der Waals surface area (Å²) in [5.74, 6) is 1.85. The average molecular weight is 304 g/mol. The first-order valence-electron chi connectivity index (χ1n) is 8.00. The fourth-order valence-electron chi connectivity index (χ4n) is 3.35. The molecule has 1 aliphatic heterocycles. The minimum absolute atomic E-state index is 0.176. The number of nitrogens with one attached hydrogen (secondary N) is 1. The minimum Gasteiger partial charge on any atom is -0.360 e. The lowest BCUT2D eigenvalue weighted by molar-refractivity contribution is -0.121. The van der Waals surface area contributed by atoms with E-state index in [1.165, 1.54) is 29.8 Å². The summed E-state index contributed by atoms with van der Waals surface area (Å²) < 4.78 is 0. The highest BCUT2D eigenvalue weighted by Crippen LogP contribution is 2.34. The molecule has 4 heteroatoms. The molecule has 0 aromatic heterocycles. The number of benzene rings is 1. The van der Waals surface area contributed by atoms with Crippen molar-refractivity contribution in [1.29, 1.82) is 0 Å². The molecule has 0 radical (unpaired) electrons. The fourth-order valence-corrected chi connectivity index (χ4v) is 4.40. The molecule has 114 valence electrons. The minimum atomic E-state index is 0.176. The van der Waals surface area contributed by atoms with Crippen molar-refractivity contribution in [1.82, 2.24) is 5.32 Å². The van der Waals surface area contributed by atoms with Crippen LogP contribution in [0.4, 0.5) is 5.69 Å². The predicted octanol–water partition coefficient (Wildman–Crippen LogP) is 3.29. The Morgan fingerprint density at radius 2 is 2.14 bits per heavy atom. The van der Waals surface area contributed by atoms with Gasteiger partial charge in [0.15, 0.2) is 0 Å². The molecule has 1 aromatic carbocycles. The molecule has 21 heavy (non-hydrogen) atoms. The molecule has 1 aromatic rings. The Balaban J connectivity index is 1.60. The van der Waals surface area contributed by atoms with Crippen molar-refractivity contribution in [3.8, 4) is 0 Å². The Bertz CT molecular complexity index is 505. The van der Waals surface area contributed by atoms with E-state index in [1.807, 2.05) is 11.8 Å². The molecule has 0 saturated heterocycles. The third kappa shape index (κ3) is 3.54. The van der Waals surface area contributed by atoms with Crippen molar-refractivity contribution in [2.75, 3.05) is 23.7 Å². The van der Waals surface area contributed by atoms with Crippen molar-refractivity contribution in [2.24, 2.45) is 5.92 Å². The molecule has 3 nitrogen and oxygen atoms in total. The lowest BCUT2D eigenvalue weighted by Crippen LogP contribution is -2.46. The average Bonchev–Trinajstić information content (AvgIpc) is 2.50. The van der Waals surface area contributed by atoms with E-state index < -0.39 is 0 Å². The number of hydrogen-bond acceptors (Lipinski definition) is 3. The Hall–Kier alpha value is -1.16. The van der Waals surface area contributed by atoms with E-state index in [4.69, 9.17) is 0 Å². The molecule has 1 saturated carbocycles. The van der Waals surface area contributed by atoms with Gasteiger partial charge < -0.3 is 10.2 Å². The number of rotatable bonds is 3. The first-order chi connectivity index (χ1) is 10.2. The number of hydrogen-bond donors (Lipinski definition) is 1. The maximum absolute atomic E-state index is 12.4. The van der Waals surface area contributed by atoms with Crippen LogP contribution in [0.5, 0.6) is 0 Å². The van der Waals surface area contributed by atoms with Gasteiger partial charge in [-0.25, -0.2) is 0 Å². The smallest absolute Gasteiger partial charge is 0.239 e. The van der Waals surface area contributed by atoms with Crippen LogP contribution in [0, 0.1) is 5.92 Å². The molecule has 2 aliphatic rings. The Kier molecular flexibility index (Phi) is 4.73.